The molecule has 0 aliphatic rings. The zero-order valence-electron chi connectivity index (χ0n) is 13.4. The summed E-state index contributed by atoms with van der Waals surface area (Å²) >= 11 is 0. The van der Waals surface area contributed by atoms with Crippen LogP contribution in [-0.4, -0.2) is 23.8 Å². The van der Waals surface area contributed by atoms with Gasteiger partial charge >= 0.3 is 0 Å². The zero-order valence-corrected chi connectivity index (χ0v) is 13.4. The summed E-state index contributed by atoms with van der Waals surface area (Å²) in [7, 11) is 1.97. The smallest absolute Gasteiger partial charge is 0.179 e. The molecule has 0 radical (unpaired) electrons. The molecule has 21 heavy (non-hydrogen) atoms. The Labute approximate surface area is 126 Å². The average molecular weight is 285 g/mol. The Morgan fingerprint density at radius 2 is 1.95 bits per heavy atom. The van der Waals surface area contributed by atoms with Gasteiger partial charge in [-0.2, -0.15) is 0 Å². The molecule has 1 heterocycles. The molecule has 1 aromatic heterocycles. The second-order valence-corrected chi connectivity index (χ2v) is 5.78. The van der Waals surface area contributed by atoms with E-state index < -0.39 is 0 Å². The molecule has 2 rings (SSSR count). The summed E-state index contributed by atoms with van der Waals surface area (Å²) in [4.78, 5) is 14.8. The van der Waals surface area contributed by atoms with Gasteiger partial charge in [-0.25, -0.2) is 0 Å². The summed E-state index contributed by atoms with van der Waals surface area (Å²) in [5.74, 6) is 1.08. The van der Waals surface area contributed by atoms with E-state index in [1.807, 2.05) is 59.0 Å². The normalized spacial score (nSPS) is 12.7. The van der Waals surface area contributed by atoms with Gasteiger partial charge in [0.2, 0.25) is 0 Å². The second kappa shape index (κ2) is 6.27. The predicted molar refractivity (Wildman–Crippen MR) is 84.6 cm³/mol. The highest BCUT2D eigenvalue weighted by atomic mass is 16.3. The van der Waals surface area contributed by atoms with Crippen molar-refractivity contribution >= 4 is 5.78 Å². The van der Waals surface area contributed by atoms with E-state index in [1.165, 1.54) is 0 Å². The fraction of sp³-hybridized carbons (Fsp3) is 0.389. The van der Waals surface area contributed by atoms with Crippen LogP contribution in [0.2, 0.25) is 0 Å². The van der Waals surface area contributed by atoms with Gasteiger partial charge in [-0.3, -0.25) is 9.69 Å². The topological polar surface area (TPSA) is 33.5 Å². The predicted octanol–water partition coefficient (Wildman–Crippen LogP) is 3.91. The van der Waals surface area contributed by atoms with Crippen molar-refractivity contribution in [1.82, 2.24) is 4.90 Å². The summed E-state index contributed by atoms with van der Waals surface area (Å²) in [6.45, 7) is 8.61. The molecule has 0 saturated heterocycles. The molecular formula is C18H23NO2. The molecule has 0 amide bonds. The Morgan fingerprint density at radius 3 is 2.57 bits per heavy atom. The molecule has 112 valence electrons. The van der Waals surface area contributed by atoms with Gasteiger partial charge in [0, 0.05) is 17.7 Å². The van der Waals surface area contributed by atoms with Crippen LogP contribution in [0.1, 0.15) is 39.7 Å². The first-order valence-corrected chi connectivity index (χ1v) is 7.25. The Bertz CT molecular complexity index is 642. The number of hydrogen-bond acceptors (Lipinski definition) is 3. The van der Waals surface area contributed by atoms with Crippen LogP contribution in [0, 0.1) is 20.8 Å². The van der Waals surface area contributed by atoms with Crippen molar-refractivity contribution in [3.63, 3.8) is 0 Å². The van der Waals surface area contributed by atoms with Crippen LogP contribution < -0.4 is 0 Å². The van der Waals surface area contributed by atoms with Gasteiger partial charge in [0.15, 0.2) is 5.78 Å². The third kappa shape index (κ3) is 3.42. The third-order valence-electron chi connectivity index (χ3n) is 4.09. The molecule has 0 saturated carbocycles. The highest BCUT2D eigenvalue weighted by Crippen LogP contribution is 2.17. The highest BCUT2D eigenvalue weighted by Gasteiger charge is 2.22. The second-order valence-electron chi connectivity index (χ2n) is 5.78. The van der Waals surface area contributed by atoms with Gasteiger partial charge in [0.05, 0.1) is 12.3 Å². The maximum atomic E-state index is 12.7. The molecule has 3 nitrogen and oxygen atoms in total. The lowest BCUT2D eigenvalue weighted by molar-refractivity contribution is 0.0861. The summed E-state index contributed by atoms with van der Waals surface area (Å²) < 4.78 is 5.31. The molecule has 0 bridgehead atoms. The average Bonchev–Trinajstić information content (AvgIpc) is 2.85. The minimum absolute atomic E-state index is 0.167. The van der Waals surface area contributed by atoms with Crippen LogP contribution in [0.15, 0.2) is 34.9 Å². The van der Waals surface area contributed by atoms with Crippen LogP contribution in [0.25, 0.3) is 0 Å². The number of nitrogens with zero attached hydrogens (tertiary/aromatic N) is 1. The van der Waals surface area contributed by atoms with Gasteiger partial charge in [-0.05, 0) is 52.4 Å². The van der Waals surface area contributed by atoms with E-state index in [0.717, 1.165) is 28.0 Å². The van der Waals surface area contributed by atoms with Crippen molar-refractivity contribution in [3.8, 4) is 0 Å². The molecule has 3 heteroatoms. The van der Waals surface area contributed by atoms with Crippen molar-refractivity contribution in [2.75, 3.05) is 7.05 Å². The van der Waals surface area contributed by atoms with Crippen LogP contribution in [0.5, 0.6) is 0 Å². The first kappa shape index (κ1) is 15.5. The van der Waals surface area contributed by atoms with E-state index in [-0.39, 0.29) is 11.8 Å². The fourth-order valence-corrected chi connectivity index (χ4v) is 2.41. The number of carbonyl (C=O) groups excluding carboxylic acids is 1. The van der Waals surface area contributed by atoms with Crippen LogP contribution in [-0.2, 0) is 6.54 Å². The minimum atomic E-state index is -0.167. The number of hydrogen-bond donors (Lipinski definition) is 0. The molecule has 0 aliphatic carbocycles. The molecule has 0 N–H and O–H groups in total. The number of likely N-dealkylation sites (N-methyl/N-ethyl adjacent to an activating group) is 1. The lowest BCUT2D eigenvalue weighted by Crippen LogP contribution is -2.36. The zero-order chi connectivity index (χ0) is 15.6. The first-order valence-electron chi connectivity index (χ1n) is 7.25. The van der Waals surface area contributed by atoms with E-state index in [4.69, 9.17) is 4.42 Å². The number of ketones is 1. The summed E-state index contributed by atoms with van der Waals surface area (Å²) in [6, 6.07) is 7.82. The van der Waals surface area contributed by atoms with Gasteiger partial charge in [0.1, 0.15) is 5.76 Å². The summed E-state index contributed by atoms with van der Waals surface area (Å²) in [6.07, 6.45) is 1.69. The van der Waals surface area contributed by atoms with Gasteiger partial charge in [0.25, 0.3) is 0 Å². The van der Waals surface area contributed by atoms with E-state index in [1.54, 1.807) is 6.26 Å². The quantitative estimate of drug-likeness (QED) is 0.781. The van der Waals surface area contributed by atoms with E-state index >= 15 is 0 Å². The van der Waals surface area contributed by atoms with Gasteiger partial charge in [-0.1, -0.05) is 17.7 Å². The summed E-state index contributed by atoms with van der Waals surface area (Å²) in [5, 5.41) is 0. The van der Waals surface area contributed by atoms with Crippen LogP contribution in [0.4, 0.5) is 0 Å². The molecular weight excluding hydrogens is 262 g/mol. The van der Waals surface area contributed by atoms with E-state index in [2.05, 4.69) is 4.90 Å². The molecule has 0 spiro atoms. The minimum Gasteiger partial charge on any atom is -0.469 e. The molecule has 1 unspecified atom stereocenters. The Balaban J connectivity index is 2.15. The SMILES string of the molecule is Cc1ccc(C)c(C(=O)C(C)N(C)Cc2ccoc2C)c1. The Morgan fingerprint density at radius 1 is 1.24 bits per heavy atom. The van der Waals surface area contributed by atoms with Crippen molar-refractivity contribution in [3.05, 3.63) is 58.5 Å². The van der Waals surface area contributed by atoms with Gasteiger partial charge < -0.3 is 4.42 Å². The number of aryl methyl sites for hydroxylation is 3. The standard InChI is InChI=1S/C18H23NO2/c1-12-6-7-13(2)17(10-12)18(20)14(3)19(5)11-16-8-9-21-15(16)4/h6-10,14H,11H2,1-5H3. The number of benzene rings is 1. The van der Waals surface area contributed by atoms with Crippen LogP contribution >= 0.6 is 0 Å². The molecule has 0 fully saturated rings. The van der Waals surface area contributed by atoms with Crippen LogP contribution in [0.3, 0.4) is 0 Å². The maximum Gasteiger partial charge on any atom is 0.179 e. The molecule has 2 aromatic rings. The van der Waals surface area contributed by atoms with E-state index in [0.29, 0.717) is 6.54 Å². The number of rotatable bonds is 5. The molecule has 1 atom stereocenters. The molecule has 0 aliphatic heterocycles. The van der Waals surface area contributed by atoms with Gasteiger partial charge in [-0.15, -0.1) is 0 Å². The summed E-state index contributed by atoms with van der Waals surface area (Å²) in [5.41, 5.74) is 4.09. The first-order chi connectivity index (χ1) is 9.90. The van der Waals surface area contributed by atoms with Crippen molar-refractivity contribution in [2.24, 2.45) is 0 Å². The maximum absolute atomic E-state index is 12.7. The monoisotopic (exact) mass is 285 g/mol. The third-order valence-corrected chi connectivity index (χ3v) is 4.09. The van der Waals surface area contributed by atoms with Crippen molar-refractivity contribution in [1.29, 1.82) is 0 Å². The highest BCUT2D eigenvalue weighted by molar-refractivity contribution is 6.01. The number of Topliss-reactive ketones (excluding diaryl/α,β-unsaturated/α-hetero) is 1. The number of carbonyl (C=O) groups is 1. The lowest BCUT2D eigenvalue weighted by atomic mass is 9.97. The molecule has 1 aromatic carbocycles. The fourth-order valence-electron chi connectivity index (χ4n) is 2.41. The Hall–Kier alpha value is -1.87. The lowest BCUT2D eigenvalue weighted by Gasteiger charge is -2.24. The van der Waals surface area contributed by atoms with Crippen molar-refractivity contribution in [2.45, 2.75) is 40.3 Å². The van der Waals surface area contributed by atoms with E-state index in [9.17, 15) is 4.79 Å². The van der Waals surface area contributed by atoms with Crippen molar-refractivity contribution < 1.29 is 9.21 Å². The number of furan rings is 1. The Kier molecular flexibility index (Phi) is 4.63. The largest absolute Gasteiger partial charge is 0.469 e.